The molecule has 1 heterocycles. The molecule has 2 aromatic rings. The first-order chi connectivity index (χ1) is 8.65. The van der Waals surface area contributed by atoms with Crippen LogP contribution in [0.1, 0.15) is 31.2 Å². The van der Waals surface area contributed by atoms with Gasteiger partial charge in [0.25, 0.3) is 0 Å². The Balaban J connectivity index is 2.23. The van der Waals surface area contributed by atoms with Gasteiger partial charge in [0.15, 0.2) is 0 Å². The summed E-state index contributed by atoms with van der Waals surface area (Å²) in [5, 5.41) is 11.1. The third-order valence-corrected chi connectivity index (χ3v) is 4.46. The zero-order valence-corrected chi connectivity index (χ0v) is 10.6. The van der Waals surface area contributed by atoms with Crippen molar-refractivity contribution in [2.45, 2.75) is 31.1 Å². The maximum atomic E-state index is 11.7. The molecule has 94 valence electrons. The van der Waals surface area contributed by atoms with Gasteiger partial charge in [-0.05, 0) is 30.5 Å². The highest BCUT2D eigenvalue weighted by Gasteiger charge is 2.44. The van der Waals surface area contributed by atoms with Gasteiger partial charge >= 0.3 is 5.97 Å². The number of aromatic nitrogens is 1. The summed E-state index contributed by atoms with van der Waals surface area (Å²) in [5.41, 5.74) is 0.922. The molecule has 4 heteroatoms. The van der Waals surface area contributed by atoms with E-state index in [1.165, 1.54) is 0 Å². The summed E-state index contributed by atoms with van der Waals surface area (Å²) in [6, 6.07) is 5.67. The Bertz CT molecular complexity index is 611. The normalized spacial score (nSPS) is 18.3. The number of rotatable bonds is 2. The Morgan fingerprint density at radius 1 is 1.28 bits per heavy atom. The second-order valence-corrected chi connectivity index (χ2v) is 5.34. The van der Waals surface area contributed by atoms with Crippen LogP contribution in [0.4, 0.5) is 0 Å². The van der Waals surface area contributed by atoms with Crippen LogP contribution in [0.15, 0.2) is 24.4 Å². The van der Waals surface area contributed by atoms with E-state index in [4.69, 9.17) is 11.6 Å². The van der Waals surface area contributed by atoms with Crippen LogP contribution in [0, 0.1) is 0 Å². The smallest absolute Gasteiger partial charge is 0.314 e. The molecule has 1 fully saturated rings. The summed E-state index contributed by atoms with van der Waals surface area (Å²) in [5.74, 6) is -0.753. The molecule has 3 rings (SSSR count). The molecular weight excluding hydrogens is 250 g/mol. The maximum absolute atomic E-state index is 11.7. The molecule has 0 radical (unpaired) electrons. The Kier molecular flexibility index (Phi) is 2.59. The molecule has 18 heavy (non-hydrogen) atoms. The SMILES string of the molecule is O=C(O)C1(c2ccc3[nH]ccc3c2Cl)CCCC1. The zero-order chi connectivity index (χ0) is 12.8. The number of hydrogen-bond acceptors (Lipinski definition) is 1. The highest BCUT2D eigenvalue weighted by molar-refractivity contribution is 6.36. The van der Waals surface area contributed by atoms with Crippen LogP contribution in [0.25, 0.3) is 10.9 Å². The number of aromatic amines is 1. The molecule has 3 nitrogen and oxygen atoms in total. The Labute approximate surface area is 110 Å². The highest BCUT2D eigenvalue weighted by Crippen LogP contribution is 2.45. The van der Waals surface area contributed by atoms with Gasteiger partial charge in [0.1, 0.15) is 0 Å². The zero-order valence-electron chi connectivity index (χ0n) is 9.87. The van der Waals surface area contributed by atoms with E-state index in [1.54, 1.807) is 0 Å². The monoisotopic (exact) mass is 263 g/mol. The number of carboxylic acids is 1. The fourth-order valence-electron chi connectivity index (χ4n) is 3.04. The number of H-pyrrole nitrogens is 1. The van der Waals surface area contributed by atoms with Crippen LogP contribution < -0.4 is 0 Å². The molecule has 0 bridgehead atoms. The number of fused-ring (bicyclic) bond motifs is 1. The molecular formula is C14H14ClNO2. The topological polar surface area (TPSA) is 53.1 Å². The van der Waals surface area contributed by atoms with E-state index in [0.717, 1.165) is 29.3 Å². The number of halogens is 1. The molecule has 1 aliphatic rings. The lowest BCUT2D eigenvalue weighted by Crippen LogP contribution is -2.32. The molecule has 0 saturated heterocycles. The van der Waals surface area contributed by atoms with Crippen molar-refractivity contribution in [3.8, 4) is 0 Å². The maximum Gasteiger partial charge on any atom is 0.314 e. The Morgan fingerprint density at radius 2 is 2.00 bits per heavy atom. The number of carbonyl (C=O) groups is 1. The lowest BCUT2D eigenvalue weighted by Gasteiger charge is -2.25. The van der Waals surface area contributed by atoms with Crippen molar-refractivity contribution in [3.63, 3.8) is 0 Å². The first-order valence-corrected chi connectivity index (χ1v) is 6.52. The summed E-state index contributed by atoms with van der Waals surface area (Å²) in [6.45, 7) is 0. The first-order valence-electron chi connectivity index (χ1n) is 6.15. The molecule has 1 aliphatic carbocycles. The second-order valence-electron chi connectivity index (χ2n) is 4.96. The third kappa shape index (κ3) is 1.47. The predicted molar refractivity (Wildman–Crippen MR) is 71.1 cm³/mol. The summed E-state index contributed by atoms with van der Waals surface area (Å²) in [6.07, 6.45) is 5.08. The van der Waals surface area contributed by atoms with Crippen molar-refractivity contribution in [1.29, 1.82) is 0 Å². The second kappa shape index (κ2) is 4.02. The molecule has 1 saturated carbocycles. The number of hydrogen-bond donors (Lipinski definition) is 2. The van der Waals surface area contributed by atoms with Gasteiger partial charge in [0.05, 0.1) is 10.4 Å². The van der Waals surface area contributed by atoms with Crippen LogP contribution in [-0.4, -0.2) is 16.1 Å². The number of carboxylic acid groups (broad SMARTS) is 1. The van der Waals surface area contributed by atoms with Crippen LogP contribution >= 0.6 is 11.6 Å². The molecule has 1 aromatic carbocycles. The molecule has 0 atom stereocenters. The van der Waals surface area contributed by atoms with Gasteiger partial charge in [-0.3, -0.25) is 4.79 Å². The number of nitrogens with one attached hydrogen (secondary N) is 1. The van der Waals surface area contributed by atoms with Crippen LogP contribution in [0.5, 0.6) is 0 Å². The van der Waals surface area contributed by atoms with Crippen molar-refractivity contribution in [3.05, 3.63) is 35.0 Å². The number of aliphatic carboxylic acids is 1. The van der Waals surface area contributed by atoms with E-state index < -0.39 is 11.4 Å². The lowest BCUT2D eigenvalue weighted by molar-refractivity contribution is -0.143. The van der Waals surface area contributed by atoms with E-state index in [0.29, 0.717) is 17.9 Å². The van der Waals surface area contributed by atoms with Crippen molar-refractivity contribution >= 4 is 28.5 Å². The molecule has 0 unspecified atom stereocenters. The van der Waals surface area contributed by atoms with Crippen LogP contribution in [-0.2, 0) is 10.2 Å². The molecule has 0 spiro atoms. The summed E-state index contributed by atoms with van der Waals surface area (Å²) < 4.78 is 0. The minimum Gasteiger partial charge on any atom is -0.481 e. The van der Waals surface area contributed by atoms with Crippen molar-refractivity contribution < 1.29 is 9.90 Å². The average molecular weight is 264 g/mol. The van der Waals surface area contributed by atoms with E-state index >= 15 is 0 Å². The highest BCUT2D eigenvalue weighted by atomic mass is 35.5. The van der Waals surface area contributed by atoms with Gasteiger partial charge in [0, 0.05) is 17.1 Å². The van der Waals surface area contributed by atoms with E-state index in [1.807, 2.05) is 24.4 Å². The van der Waals surface area contributed by atoms with E-state index in [9.17, 15) is 9.90 Å². The first kappa shape index (κ1) is 11.6. The Hall–Kier alpha value is -1.48. The van der Waals surface area contributed by atoms with Crippen LogP contribution in [0.2, 0.25) is 5.02 Å². The predicted octanol–water partition coefficient (Wildman–Crippen LogP) is 3.72. The molecule has 1 aromatic heterocycles. The molecule has 0 aliphatic heterocycles. The molecule has 2 N–H and O–H groups in total. The summed E-state index contributed by atoms with van der Waals surface area (Å²) in [4.78, 5) is 14.8. The largest absolute Gasteiger partial charge is 0.481 e. The van der Waals surface area contributed by atoms with Gasteiger partial charge < -0.3 is 10.1 Å². The average Bonchev–Trinajstić information content (AvgIpc) is 2.98. The summed E-state index contributed by atoms with van der Waals surface area (Å²) >= 11 is 6.41. The molecule has 0 amide bonds. The fourth-order valence-corrected chi connectivity index (χ4v) is 3.45. The van der Waals surface area contributed by atoms with E-state index in [-0.39, 0.29) is 0 Å². The van der Waals surface area contributed by atoms with Crippen molar-refractivity contribution in [1.82, 2.24) is 4.98 Å². The van der Waals surface area contributed by atoms with Crippen molar-refractivity contribution in [2.75, 3.05) is 0 Å². The lowest BCUT2D eigenvalue weighted by atomic mass is 9.78. The minimum atomic E-state index is -0.789. The Morgan fingerprint density at radius 3 is 2.67 bits per heavy atom. The number of benzene rings is 1. The van der Waals surface area contributed by atoms with Gasteiger partial charge in [-0.2, -0.15) is 0 Å². The van der Waals surface area contributed by atoms with Gasteiger partial charge in [-0.15, -0.1) is 0 Å². The minimum absolute atomic E-state index is 0.582. The van der Waals surface area contributed by atoms with Crippen molar-refractivity contribution in [2.24, 2.45) is 0 Å². The van der Waals surface area contributed by atoms with Gasteiger partial charge in [0.2, 0.25) is 0 Å². The summed E-state index contributed by atoms with van der Waals surface area (Å²) in [7, 11) is 0. The van der Waals surface area contributed by atoms with E-state index in [2.05, 4.69) is 4.98 Å². The van der Waals surface area contributed by atoms with Crippen LogP contribution in [0.3, 0.4) is 0 Å². The standard InChI is InChI=1S/C14H14ClNO2/c15-12-9-5-8-16-11(9)4-3-10(12)14(13(17)18)6-1-2-7-14/h3-5,8,16H,1-2,6-7H2,(H,17,18). The fraction of sp³-hybridized carbons (Fsp3) is 0.357. The quantitative estimate of drug-likeness (QED) is 0.868. The van der Waals surface area contributed by atoms with Gasteiger partial charge in [-0.25, -0.2) is 0 Å². The van der Waals surface area contributed by atoms with Gasteiger partial charge in [-0.1, -0.05) is 30.5 Å². The third-order valence-electron chi connectivity index (χ3n) is 4.05.